The van der Waals surface area contributed by atoms with Crippen LogP contribution in [0, 0.1) is 6.92 Å². The van der Waals surface area contributed by atoms with E-state index < -0.39 is 44.8 Å². The maximum absolute atomic E-state index is 13.4. The highest BCUT2D eigenvalue weighted by atomic mass is 32.2. The monoisotopic (exact) mass is 554 g/mol. The highest BCUT2D eigenvalue weighted by molar-refractivity contribution is 7.89. The van der Waals surface area contributed by atoms with Crippen molar-refractivity contribution in [3.8, 4) is 0 Å². The lowest BCUT2D eigenvalue weighted by molar-refractivity contribution is -0.137. The third-order valence-electron chi connectivity index (χ3n) is 6.34. The molecule has 8 nitrogen and oxygen atoms in total. The number of nitrogens with two attached hydrogens (primary N) is 1. The summed E-state index contributed by atoms with van der Waals surface area (Å²) >= 11 is 0. The van der Waals surface area contributed by atoms with Gasteiger partial charge in [0.05, 0.1) is 10.5 Å². The Kier molecular flexibility index (Phi) is 9.91. The van der Waals surface area contributed by atoms with Crippen LogP contribution in [0.4, 0.5) is 13.2 Å². The van der Waals surface area contributed by atoms with Gasteiger partial charge in [-0.1, -0.05) is 42.3 Å². The topological polar surface area (TPSA) is 122 Å². The molecule has 0 bridgehead atoms. The smallest absolute Gasteiger partial charge is 0.336 e. The van der Waals surface area contributed by atoms with Crippen LogP contribution in [0.15, 0.2) is 53.4 Å². The summed E-state index contributed by atoms with van der Waals surface area (Å²) in [5, 5.41) is 5.53. The molecule has 0 saturated carbocycles. The molecule has 0 unspecified atom stereocenters. The van der Waals surface area contributed by atoms with Crippen LogP contribution in [0.3, 0.4) is 0 Å². The molecule has 0 aromatic heterocycles. The highest BCUT2D eigenvalue weighted by Gasteiger charge is 2.39. The number of sulfonamides is 1. The molecule has 208 valence electrons. The van der Waals surface area contributed by atoms with Gasteiger partial charge in [-0.2, -0.15) is 17.5 Å². The molecule has 0 spiro atoms. The standard InChI is InChI=1S/C26H33F3N4O4S/c1-18-10-12-19(13-11-18)16-23(31-24(34)9-5-14-30)32-25(35)22-8-2-3-15-33(22)38(36,37)21-7-4-6-20(17-21)26(27,28)29/h4,6-7,10-13,17,22-23H,2-3,5,8-9,14-16,30H2,1H3,(H,31,34)(H,32,35)/t22-,23-/m0/s1. The van der Waals surface area contributed by atoms with Crippen LogP contribution in [-0.4, -0.2) is 49.8 Å². The average Bonchev–Trinajstić information content (AvgIpc) is 2.88. The number of nitrogens with zero attached hydrogens (tertiary/aromatic N) is 1. The summed E-state index contributed by atoms with van der Waals surface area (Å²) in [7, 11) is -4.40. The SMILES string of the molecule is Cc1ccc(C[C@@H](NC(=O)CCCN)NC(=O)[C@@H]2CCCCN2S(=O)(=O)c2cccc(C(F)(F)F)c2)cc1. The van der Waals surface area contributed by atoms with Crippen molar-refractivity contribution in [3.05, 3.63) is 65.2 Å². The number of carbonyl (C=O) groups excluding carboxylic acids is 2. The second kappa shape index (κ2) is 12.7. The Morgan fingerprint density at radius 3 is 2.47 bits per heavy atom. The number of benzene rings is 2. The molecule has 38 heavy (non-hydrogen) atoms. The van der Waals surface area contributed by atoms with Crippen molar-refractivity contribution >= 4 is 21.8 Å². The predicted octanol–water partition coefficient (Wildman–Crippen LogP) is 3.10. The Morgan fingerprint density at radius 1 is 1.11 bits per heavy atom. The zero-order valence-electron chi connectivity index (χ0n) is 21.1. The molecule has 1 saturated heterocycles. The molecule has 12 heteroatoms. The van der Waals surface area contributed by atoms with E-state index in [2.05, 4.69) is 10.6 Å². The highest BCUT2D eigenvalue weighted by Crippen LogP contribution is 2.32. The van der Waals surface area contributed by atoms with Crippen molar-refractivity contribution in [3.63, 3.8) is 0 Å². The van der Waals surface area contributed by atoms with Crippen LogP contribution in [0.2, 0.25) is 0 Å². The molecule has 4 N–H and O–H groups in total. The maximum Gasteiger partial charge on any atom is 0.416 e. The van der Waals surface area contributed by atoms with E-state index in [0.717, 1.165) is 33.6 Å². The second-order valence-electron chi connectivity index (χ2n) is 9.36. The molecule has 0 aliphatic carbocycles. The summed E-state index contributed by atoms with van der Waals surface area (Å²) in [6, 6.07) is 9.89. The number of carbonyl (C=O) groups is 2. The molecular weight excluding hydrogens is 521 g/mol. The molecule has 2 aromatic rings. The van der Waals surface area contributed by atoms with Crippen LogP contribution in [0.25, 0.3) is 0 Å². The minimum Gasteiger partial charge on any atom is -0.336 e. The van der Waals surface area contributed by atoms with Crippen molar-refractivity contribution in [2.24, 2.45) is 5.73 Å². The number of rotatable bonds is 10. The summed E-state index contributed by atoms with van der Waals surface area (Å²) in [5.74, 6) is -0.943. The number of aryl methyl sites for hydroxylation is 1. The average molecular weight is 555 g/mol. The zero-order valence-corrected chi connectivity index (χ0v) is 21.9. The van der Waals surface area contributed by atoms with Crippen LogP contribution < -0.4 is 16.4 Å². The number of halogens is 3. The second-order valence-corrected chi connectivity index (χ2v) is 11.3. The lowest BCUT2D eigenvalue weighted by atomic mass is 10.0. The molecular formula is C26H33F3N4O4S. The van der Waals surface area contributed by atoms with Crippen molar-refractivity contribution in [1.29, 1.82) is 0 Å². The summed E-state index contributed by atoms with van der Waals surface area (Å²) in [5.41, 5.74) is 6.28. The van der Waals surface area contributed by atoms with Gasteiger partial charge in [-0.3, -0.25) is 9.59 Å². The fourth-order valence-corrected chi connectivity index (χ4v) is 6.02. The normalized spacial score (nSPS) is 17.6. The first-order valence-corrected chi connectivity index (χ1v) is 13.9. The van der Waals surface area contributed by atoms with E-state index in [9.17, 15) is 31.2 Å². The van der Waals surface area contributed by atoms with E-state index in [1.165, 1.54) is 0 Å². The molecule has 2 amide bonds. The fraction of sp³-hybridized carbons (Fsp3) is 0.462. The van der Waals surface area contributed by atoms with Crippen LogP contribution in [0.5, 0.6) is 0 Å². The van der Waals surface area contributed by atoms with Gasteiger partial charge in [0, 0.05) is 19.4 Å². The van der Waals surface area contributed by atoms with Crippen molar-refractivity contribution < 1.29 is 31.2 Å². The maximum atomic E-state index is 13.4. The van der Waals surface area contributed by atoms with Gasteiger partial charge in [0.25, 0.3) is 0 Å². The third kappa shape index (κ3) is 7.78. The van der Waals surface area contributed by atoms with E-state index in [1.807, 2.05) is 31.2 Å². The van der Waals surface area contributed by atoms with Crippen molar-refractivity contribution in [1.82, 2.24) is 14.9 Å². The van der Waals surface area contributed by atoms with Crippen molar-refractivity contribution in [2.75, 3.05) is 13.1 Å². The first kappa shape index (κ1) is 29.6. The number of hydrogen-bond acceptors (Lipinski definition) is 5. The van der Waals surface area contributed by atoms with E-state index >= 15 is 0 Å². The number of piperidine rings is 1. The first-order valence-electron chi connectivity index (χ1n) is 12.5. The summed E-state index contributed by atoms with van der Waals surface area (Å²) in [4.78, 5) is 25.3. The number of alkyl halides is 3. The first-order chi connectivity index (χ1) is 17.9. The van der Waals surface area contributed by atoms with E-state index in [-0.39, 0.29) is 31.7 Å². The molecule has 1 fully saturated rings. The summed E-state index contributed by atoms with van der Waals surface area (Å²) < 4.78 is 67.4. The largest absolute Gasteiger partial charge is 0.416 e. The van der Waals surface area contributed by atoms with Crippen LogP contribution >= 0.6 is 0 Å². The molecule has 1 heterocycles. The van der Waals surface area contributed by atoms with Gasteiger partial charge < -0.3 is 16.4 Å². The van der Waals surface area contributed by atoms with Gasteiger partial charge in [0.15, 0.2) is 0 Å². The number of hydrogen-bond donors (Lipinski definition) is 3. The fourth-order valence-electron chi connectivity index (χ4n) is 4.32. The van der Waals surface area contributed by atoms with Crippen molar-refractivity contribution in [2.45, 2.75) is 68.7 Å². The molecule has 2 aromatic carbocycles. The van der Waals surface area contributed by atoms with Gasteiger partial charge in [0.2, 0.25) is 21.8 Å². The van der Waals surface area contributed by atoms with Gasteiger partial charge in [-0.15, -0.1) is 0 Å². The Balaban J connectivity index is 1.83. The van der Waals surface area contributed by atoms with Gasteiger partial charge in [-0.25, -0.2) is 8.42 Å². The summed E-state index contributed by atoms with van der Waals surface area (Å²) in [6.07, 6.45) is -3.43. The minimum atomic E-state index is -4.71. The Hall–Kier alpha value is -2.96. The van der Waals surface area contributed by atoms with Gasteiger partial charge in [-0.05, 0) is 56.5 Å². The van der Waals surface area contributed by atoms with Gasteiger partial charge in [0.1, 0.15) is 12.2 Å². The number of nitrogens with one attached hydrogen (secondary N) is 2. The zero-order chi connectivity index (χ0) is 27.9. The van der Waals surface area contributed by atoms with Gasteiger partial charge >= 0.3 is 6.18 Å². The quantitative estimate of drug-likeness (QED) is 0.390. The Labute approximate surface area is 220 Å². The Bertz CT molecular complexity index is 1220. The Morgan fingerprint density at radius 2 is 1.82 bits per heavy atom. The molecule has 1 aliphatic heterocycles. The van der Waals surface area contributed by atoms with Crippen LogP contribution in [0.1, 0.15) is 48.8 Å². The third-order valence-corrected chi connectivity index (χ3v) is 8.25. The lowest BCUT2D eigenvalue weighted by Gasteiger charge is -2.35. The number of amides is 2. The van der Waals surface area contributed by atoms with E-state index in [1.54, 1.807) is 0 Å². The molecule has 1 aliphatic rings. The van der Waals surface area contributed by atoms with E-state index in [0.29, 0.717) is 31.9 Å². The lowest BCUT2D eigenvalue weighted by Crippen LogP contribution is -2.57. The molecule has 0 radical (unpaired) electrons. The predicted molar refractivity (Wildman–Crippen MR) is 136 cm³/mol. The molecule has 2 atom stereocenters. The summed E-state index contributed by atoms with van der Waals surface area (Å²) in [6.45, 7) is 2.25. The van der Waals surface area contributed by atoms with E-state index in [4.69, 9.17) is 5.73 Å². The molecule has 3 rings (SSSR count). The minimum absolute atomic E-state index is 0.0118. The van der Waals surface area contributed by atoms with Crippen LogP contribution in [-0.2, 0) is 32.2 Å².